The summed E-state index contributed by atoms with van der Waals surface area (Å²) < 4.78 is 4.57. The third-order valence-corrected chi connectivity index (χ3v) is 0.655. The minimum Gasteiger partial charge on any atom is -0.462 e. The van der Waals surface area contributed by atoms with Gasteiger partial charge in [-0.1, -0.05) is 11.6 Å². The summed E-state index contributed by atoms with van der Waals surface area (Å²) in [5, 5.41) is 2.56. The molecule has 0 spiro atoms. The van der Waals surface area contributed by atoms with Gasteiger partial charge in [0.2, 0.25) is 5.69 Å². The molecule has 0 saturated carbocycles. The van der Waals surface area contributed by atoms with Gasteiger partial charge in [0.1, 0.15) is 6.26 Å². The topological polar surface area (TPSA) is 21.3 Å². The van der Waals surface area contributed by atoms with Crippen molar-refractivity contribution in [3.05, 3.63) is 12.5 Å². The first-order valence-electron chi connectivity index (χ1n) is 1.52. The van der Waals surface area contributed by atoms with E-state index in [0.717, 1.165) is 0 Å². The monoisotopic (exact) mass is 104 g/mol. The van der Waals surface area contributed by atoms with Crippen LogP contribution in [0, 0.1) is 6.20 Å². The first-order valence-corrected chi connectivity index (χ1v) is 1.95. The van der Waals surface area contributed by atoms with Crippen LogP contribution in [-0.4, -0.2) is 5.69 Å². The fraction of sp³-hybridized carbons (Fsp3) is 0.333. The Hall–Kier alpha value is -0.370. The Balaban J connectivity index is 2.32. The summed E-state index contributed by atoms with van der Waals surface area (Å²) >= 11 is 5.29. The summed E-state index contributed by atoms with van der Waals surface area (Å²) in [5.41, 5.74) is -0.398. The minimum atomic E-state index is -0.398. The van der Waals surface area contributed by atoms with E-state index in [2.05, 4.69) is 16.3 Å². The largest absolute Gasteiger partial charge is 0.462 e. The lowest BCUT2D eigenvalue weighted by molar-refractivity contribution is 0.227. The van der Waals surface area contributed by atoms with Crippen molar-refractivity contribution in [1.82, 2.24) is 5.32 Å². The van der Waals surface area contributed by atoms with Crippen molar-refractivity contribution in [1.29, 1.82) is 0 Å². The van der Waals surface area contributed by atoms with E-state index >= 15 is 0 Å². The molecule has 0 amide bonds. The van der Waals surface area contributed by atoms with E-state index in [9.17, 15) is 0 Å². The molecule has 1 radical (unpaired) electrons. The molecule has 0 bridgehead atoms. The molecule has 0 saturated heterocycles. The van der Waals surface area contributed by atoms with E-state index in [-0.39, 0.29) is 0 Å². The molecule has 0 aromatic carbocycles. The molecule has 0 fully saturated rings. The maximum absolute atomic E-state index is 5.29. The second kappa shape index (κ2) is 1.39. The van der Waals surface area contributed by atoms with Gasteiger partial charge in [-0.25, -0.2) is 0 Å². The Labute approximate surface area is 40.7 Å². The van der Waals surface area contributed by atoms with Gasteiger partial charge in [-0.05, 0) is 0 Å². The van der Waals surface area contributed by atoms with Gasteiger partial charge in [-0.3, -0.25) is 0 Å². The first-order chi connectivity index (χ1) is 2.89. The number of hydrogen-bond acceptors (Lipinski definition) is 2. The second-order valence-corrected chi connectivity index (χ2v) is 1.26. The van der Waals surface area contributed by atoms with E-state index in [1.165, 1.54) is 6.26 Å². The van der Waals surface area contributed by atoms with Crippen molar-refractivity contribution in [2.24, 2.45) is 0 Å². The van der Waals surface area contributed by atoms with Gasteiger partial charge in [0.15, 0.2) is 0 Å². The number of halogens is 1. The molecule has 1 atom stereocenters. The second-order valence-electron chi connectivity index (χ2n) is 0.859. The quantitative estimate of drug-likeness (QED) is 0.355. The average molecular weight is 105 g/mol. The molecule has 1 aliphatic rings. The highest BCUT2D eigenvalue weighted by Gasteiger charge is 2.01. The van der Waals surface area contributed by atoms with Gasteiger partial charge in [-0.15, -0.1) is 0 Å². The Kier molecular flexibility index (Phi) is 0.881. The molecule has 1 N–H and O–H groups in total. The van der Waals surface area contributed by atoms with Crippen LogP contribution in [0.1, 0.15) is 0 Å². The maximum atomic E-state index is 5.29. The lowest BCUT2D eigenvalue weighted by Crippen LogP contribution is -2.12. The maximum Gasteiger partial charge on any atom is 0.247 e. The standard InChI is InChI=1S/C3H3ClNO/c4-3-5-1-2-6-3/h2-3,5H. The van der Waals surface area contributed by atoms with Crippen LogP contribution in [0.3, 0.4) is 0 Å². The number of nitrogens with one attached hydrogen (secondary N) is 1. The predicted molar refractivity (Wildman–Crippen MR) is 21.7 cm³/mol. The van der Waals surface area contributed by atoms with E-state index in [0.29, 0.717) is 0 Å². The van der Waals surface area contributed by atoms with Gasteiger partial charge in [0.25, 0.3) is 0 Å². The molecule has 6 heavy (non-hydrogen) atoms. The van der Waals surface area contributed by atoms with Crippen LogP contribution in [0.4, 0.5) is 0 Å². The summed E-state index contributed by atoms with van der Waals surface area (Å²) in [6.07, 6.45) is 3.93. The highest BCUT2D eigenvalue weighted by molar-refractivity contribution is 6.19. The van der Waals surface area contributed by atoms with E-state index < -0.39 is 5.69 Å². The smallest absolute Gasteiger partial charge is 0.247 e. The van der Waals surface area contributed by atoms with Crippen LogP contribution in [0.15, 0.2) is 6.26 Å². The number of rotatable bonds is 0. The fourth-order valence-electron chi connectivity index (χ4n) is 0.227. The number of ether oxygens (including phenoxy) is 1. The molecule has 0 aromatic rings. The molecule has 33 valence electrons. The van der Waals surface area contributed by atoms with Crippen LogP contribution in [0.25, 0.3) is 0 Å². The van der Waals surface area contributed by atoms with E-state index in [4.69, 9.17) is 11.6 Å². The third kappa shape index (κ3) is 0.571. The number of hydrogen-bond donors (Lipinski definition) is 1. The molecule has 1 heterocycles. The van der Waals surface area contributed by atoms with E-state index in [1.54, 1.807) is 0 Å². The molecule has 1 unspecified atom stereocenters. The molecule has 0 aliphatic carbocycles. The van der Waals surface area contributed by atoms with Crippen molar-refractivity contribution in [3.63, 3.8) is 0 Å². The molecule has 1 aliphatic heterocycles. The summed E-state index contributed by atoms with van der Waals surface area (Å²) in [5.74, 6) is 0. The normalized spacial score (nSPS) is 29.2. The van der Waals surface area contributed by atoms with Crippen LogP contribution in [0.2, 0.25) is 0 Å². The molecule has 1 rings (SSSR count). The molecule has 3 heteroatoms. The molecule has 2 nitrogen and oxygen atoms in total. The van der Waals surface area contributed by atoms with Crippen molar-refractivity contribution in [3.8, 4) is 0 Å². The Morgan fingerprint density at radius 2 is 2.83 bits per heavy atom. The van der Waals surface area contributed by atoms with Crippen molar-refractivity contribution >= 4 is 11.6 Å². The van der Waals surface area contributed by atoms with Gasteiger partial charge in [0, 0.05) is 0 Å². The summed E-state index contributed by atoms with van der Waals surface area (Å²) in [7, 11) is 0. The van der Waals surface area contributed by atoms with Gasteiger partial charge < -0.3 is 10.1 Å². The van der Waals surface area contributed by atoms with Crippen LogP contribution >= 0.6 is 11.6 Å². The SMILES string of the molecule is ClC1N[C]=CO1. The molecule has 0 aromatic heterocycles. The highest BCUT2D eigenvalue weighted by atomic mass is 35.5. The zero-order chi connectivity index (χ0) is 4.41. The minimum absolute atomic E-state index is 0.398. The Morgan fingerprint density at radius 1 is 2.00 bits per heavy atom. The van der Waals surface area contributed by atoms with Gasteiger partial charge in [-0.2, -0.15) is 0 Å². The number of alkyl halides is 1. The first kappa shape index (κ1) is 3.81. The average Bonchev–Trinajstić information content (AvgIpc) is 1.86. The summed E-state index contributed by atoms with van der Waals surface area (Å²) in [6, 6.07) is 0. The van der Waals surface area contributed by atoms with Crippen molar-refractivity contribution < 1.29 is 4.74 Å². The fourth-order valence-corrected chi connectivity index (χ4v) is 0.342. The zero-order valence-electron chi connectivity index (χ0n) is 2.94. The third-order valence-electron chi connectivity index (χ3n) is 0.443. The Morgan fingerprint density at radius 3 is 3.00 bits per heavy atom. The summed E-state index contributed by atoms with van der Waals surface area (Å²) in [6.45, 7) is 0. The van der Waals surface area contributed by atoms with Crippen molar-refractivity contribution in [2.45, 2.75) is 5.69 Å². The van der Waals surface area contributed by atoms with Crippen LogP contribution in [0.5, 0.6) is 0 Å². The van der Waals surface area contributed by atoms with Gasteiger partial charge >= 0.3 is 0 Å². The highest BCUT2D eigenvalue weighted by Crippen LogP contribution is 1.97. The lowest BCUT2D eigenvalue weighted by atomic mass is 11.0. The van der Waals surface area contributed by atoms with Crippen LogP contribution in [-0.2, 0) is 4.74 Å². The van der Waals surface area contributed by atoms with Crippen LogP contribution < -0.4 is 5.32 Å². The van der Waals surface area contributed by atoms with Gasteiger partial charge in [0.05, 0.1) is 6.20 Å². The Bertz CT molecular complexity index is 65.2. The predicted octanol–water partition coefficient (Wildman–Crippen LogP) is 0.403. The van der Waals surface area contributed by atoms with E-state index in [1.807, 2.05) is 0 Å². The van der Waals surface area contributed by atoms with Crippen molar-refractivity contribution in [2.75, 3.05) is 0 Å². The zero-order valence-corrected chi connectivity index (χ0v) is 3.70. The molecular formula is C3H3ClNO. The lowest BCUT2D eigenvalue weighted by Gasteiger charge is -1.96. The molecular weight excluding hydrogens is 101 g/mol. The summed E-state index contributed by atoms with van der Waals surface area (Å²) in [4.78, 5) is 0.